The number of fused-ring (bicyclic) bond motifs is 14. The van der Waals surface area contributed by atoms with Crippen LogP contribution in [0.5, 0.6) is 0 Å². The number of nitrogens with zero attached hydrogens (tertiary/aromatic N) is 12. The number of pyridine rings is 2. The zero-order valence-electron chi connectivity index (χ0n) is 53.7. The molecule has 12 nitrogen and oxygen atoms in total. The molecule has 0 N–H and O–H groups in total. The number of hydrogen-bond acceptors (Lipinski definition) is 8. The van der Waals surface area contributed by atoms with Gasteiger partial charge in [0.1, 0.15) is 29.2 Å². The third-order valence-corrected chi connectivity index (χ3v) is 19.3. The molecular weight excluding hydrogens is 1200 g/mol. The number of rotatable bonds is 11. The first-order valence-electron chi connectivity index (χ1n) is 33.0. The summed E-state index contributed by atoms with van der Waals surface area (Å²) < 4.78 is 9.08. The minimum Gasteiger partial charge on any atom is -0.293 e. The lowest BCUT2D eigenvalue weighted by atomic mass is 9.88. The molecule has 0 spiro atoms. The molecule has 0 radical (unpaired) electrons. The summed E-state index contributed by atoms with van der Waals surface area (Å²) in [5.74, 6) is 3.71. The Balaban J connectivity index is 0.882. The zero-order chi connectivity index (χ0) is 65.1. The van der Waals surface area contributed by atoms with E-state index in [4.69, 9.17) is 39.9 Å². The van der Waals surface area contributed by atoms with Crippen LogP contribution in [0, 0.1) is 20.8 Å². The lowest BCUT2D eigenvalue weighted by Gasteiger charge is -2.22. The fourth-order valence-corrected chi connectivity index (χ4v) is 15.2. The van der Waals surface area contributed by atoms with Crippen LogP contribution in [0.15, 0.2) is 291 Å². The van der Waals surface area contributed by atoms with E-state index in [1.54, 1.807) is 0 Å². The van der Waals surface area contributed by atoms with E-state index in [0.29, 0.717) is 35.2 Å². The highest BCUT2D eigenvalue weighted by Crippen LogP contribution is 2.45. The monoisotopic (exact) mass is 1260 g/mol. The second-order valence-electron chi connectivity index (χ2n) is 25.2. The third kappa shape index (κ3) is 8.99. The summed E-state index contributed by atoms with van der Waals surface area (Å²) in [7, 11) is 0. The van der Waals surface area contributed by atoms with Crippen LogP contribution in [0.3, 0.4) is 0 Å². The van der Waals surface area contributed by atoms with Gasteiger partial charge >= 0.3 is 0 Å². The van der Waals surface area contributed by atoms with Crippen molar-refractivity contribution in [2.45, 2.75) is 26.7 Å². The molecule has 0 saturated carbocycles. The van der Waals surface area contributed by atoms with Crippen molar-refractivity contribution in [2.24, 2.45) is 0 Å². The van der Waals surface area contributed by atoms with E-state index in [9.17, 15) is 0 Å². The molecule has 0 aliphatic carbocycles. The van der Waals surface area contributed by atoms with Gasteiger partial charge in [0.2, 0.25) is 11.9 Å². The van der Waals surface area contributed by atoms with Crippen molar-refractivity contribution >= 4 is 87.2 Å². The Labute approximate surface area is 562 Å². The molecule has 0 unspecified atom stereocenters. The number of para-hydroxylation sites is 4. The van der Waals surface area contributed by atoms with Gasteiger partial charge in [0.05, 0.1) is 55.5 Å². The van der Waals surface area contributed by atoms with Crippen LogP contribution in [-0.2, 0) is 0 Å². The maximum atomic E-state index is 5.83. The molecule has 8 heterocycles. The van der Waals surface area contributed by atoms with Crippen LogP contribution in [-0.4, -0.2) is 58.1 Å². The Morgan fingerprint density at radius 1 is 0.265 bits per heavy atom. The molecule has 12 heteroatoms. The highest BCUT2D eigenvalue weighted by molar-refractivity contribution is 6.27. The minimum atomic E-state index is -0.764. The Bertz CT molecular complexity index is 6020. The Morgan fingerprint density at radius 2 is 0.622 bits per heavy atom. The number of aromatic nitrogens is 12. The lowest BCUT2D eigenvalue weighted by Crippen LogP contribution is -2.19. The van der Waals surface area contributed by atoms with Crippen molar-refractivity contribution in [3.63, 3.8) is 0 Å². The fourth-order valence-electron chi connectivity index (χ4n) is 15.2. The Morgan fingerprint density at radius 3 is 1.03 bits per heavy atom. The molecule has 98 heavy (non-hydrogen) atoms. The predicted molar refractivity (Wildman–Crippen MR) is 396 cm³/mol. The van der Waals surface area contributed by atoms with Gasteiger partial charge in [-0.3, -0.25) is 18.3 Å². The summed E-state index contributed by atoms with van der Waals surface area (Å²) in [4.78, 5) is 44.9. The van der Waals surface area contributed by atoms with E-state index in [-0.39, 0.29) is 0 Å². The van der Waals surface area contributed by atoms with Crippen molar-refractivity contribution in [1.82, 2.24) is 58.1 Å². The predicted octanol–water partition coefficient (Wildman–Crippen LogP) is 20.0. The van der Waals surface area contributed by atoms with Crippen LogP contribution >= 0.6 is 0 Å². The van der Waals surface area contributed by atoms with Gasteiger partial charge in [-0.05, 0) is 98.1 Å². The van der Waals surface area contributed by atoms with Crippen molar-refractivity contribution in [3.8, 4) is 68.8 Å². The van der Waals surface area contributed by atoms with Gasteiger partial charge in [-0.1, -0.05) is 236 Å². The highest BCUT2D eigenvalue weighted by Gasteiger charge is 2.33. The van der Waals surface area contributed by atoms with Crippen LogP contribution < -0.4 is 0 Å². The maximum absolute atomic E-state index is 5.83. The molecule has 19 rings (SSSR count). The van der Waals surface area contributed by atoms with Gasteiger partial charge in [-0.15, -0.1) is 0 Å². The van der Waals surface area contributed by atoms with E-state index in [1.165, 1.54) is 0 Å². The molecule has 462 valence electrons. The maximum Gasteiger partial charge on any atom is 0.238 e. The Kier molecular flexibility index (Phi) is 13.0. The van der Waals surface area contributed by atoms with Gasteiger partial charge in [-0.2, -0.15) is 19.9 Å². The van der Waals surface area contributed by atoms with E-state index >= 15 is 0 Å². The summed E-state index contributed by atoms with van der Waals surface area (Å²) in [5, 5.41) is 8.63. The van der Waals surface area contributed by atoms with Crippen molar-refractivity contribution in [1.29, 1.82) is 0 Å². The number of hydrogen-bond donors (Lipinski definition) is 0. The average Bonchev–Trinajstić information content (AvgIpc) is 1.55. The molecular formula is C86H58N12. The summed E-state index contributed by atoms with van der Waals surface area (Å²) >= 11 is 0. The van der Waals surface area contributed by atoms with Crippen molar-refractivity contribution in [3.05, 3.63) is 325 Å². The largest absolute Gasteiger partial charge is 0.293 e. The standard InChI is InChI=1S/C86H58N12/c1-52-50-53(2)75(54(3)51-52)78(83-89-81(57-30-12-6-13-31-57)91-85(93-83)95-69-42-22-18-36-63(69)76-71(95)48-46-61-59-34-16-20-40-67(59)97(79(61)76)73-44-24-38-65(87-73)55-26-8-4-9-27-55)84-90-82(58-32-14-7-15-33-58)92-86(94-84)96-70-43-23-19-37-64(70)77-72(96)49-47-62-60-35-17-21-41-68(60)98(80(62)77)74-45-25-39-66(88-74)56-28-10-5-11-29-56/h4-51,78H,1-3H3. The molecule has 0 saturated heterocycles. The topological polar surface area (TPSA) is 123 Å². The molecule has 0 fully saturated rings. The first-order chi connectivity index (χ1) is 48.4. The van der Waals surface area contributed by atoms with Crippen LogP contribution in [0.1, 0.15) is 39.8 Å². The van der Waals surface area contributed by atoms with Gasteiger partial charge in [0.25, 0.3) is 0 Å². The molecule has 0 atom stereocenters. The highest BCUT2D eigenvalue weighted by atomic mass is 15.2. The Hall–Kier alpha value is -13.1. The summed E-state index contributed by atoms with van der Waals surface area (Å²) in [6.45, 7) is 6.49. The van der Waals surface area contributed by atoms with Crippen LogP contribution in [0.4, 0.5) is 0 Å². The summed E-state index contributed by atoms with van der Waals surface area (Å²) in [6.07, 6.45) is 0. The first-order valence-corrected chi connectivity index (χ1v) is 33.0. The summed E-state index contributed by atoms with van der Waals surface area (Å²) in [6, 6.07) is 102. The first kappa shape index (κ1) is 56.5. The smallest absolute Gasteiger partial charge is 0.238 e. The SMILES string of the molecule is Cc1cc(C)c(C(c2nc(-c3ccccc3)nc(-n3c4ccccc4c4c3ccc3c5ccccc5n(-c5cccc(-c6ccccc6)n5)c34)n2)c2nc(-c3ccccc3)nc(-n3c4ccccc4c4c3ccc3c5ccccc5n(-c5cccc(-c6ccccc6)n5)c34)n2)c(C)c1. The molecule has 8 aromatic heterocycles. The van der Waals surface area contributed by atoms with Gasteiger partial charge < -0.3 is 0 Å². The molecule has 19 aromatic rings. The second-order valence-corrected chi connectivity index (χ2v) is 25.2. The minimum absolute atomic E-state index is 0.446. The number of benzene rings is 11. The van der Waals surface area contributed by atoms with Crippen molar-refractivity contribution < 1.29 is 0 Å². The van der Waals surface area contributed by atoms with E-state index in [1.807, 2.05) is 48.5 Å². The van der Waals surface area contributed by atoms with E-state index in [2.05, 4.69) is 282 Å². The van der Waals surface area contributed by atoms with Crippen LogP contribution in [0.25, 0.3) is 156 Å². The average molecular weight is 1260 g/mol. The van der Waals surface area contributed by atoms with Gasteiger partial charge in [-0.25, -0.2) is 19.9 Å². The fraction of sp³-hybridized carbons (Fsp3) is 0.0465. The van der Waals surface area contributed by atoms with Crippen molar-refractivity contribution in [2.75, 3.05) is 0 Å². The van der Waals surface area contributed by atoms with E-state index in [0.717, 1.165) is 155 Å². The second kappa shape index (κ2) is 22.6. The lowest BCUT2D eigenvalue weighted by molar-refractivity contribution is 0.741. The van der Waals surface area contributed by atoms with Gasteiger partial charge in [0.15, 0.2) is 11.6 Å². The normalized spacial score (nSPS) is 11.9. The molecule has 0 aliphatic heterocycles. The molecule has 11 aromatic carbocycles. The zero-order valence-corrected chi connectivity index (χ0v) is 53.7. The summed E-state index contributed by atoms with van der Waals surface area (Å²) in [5.41, 5.74) is 17.6. The quantitative estimate of drug-likeness (QED) is 0.125. The number of aryl methyl sites for hydroxylation is 3. The van der Waals surface area contributed by atoms with E-state index < -0.39 is 5.92 Å². The van der Waals surface area contributed by atoms with Crippen LogP contribution in [0.2, 0.25) is 0 Å². The molecule has 0 bridgehead atoms. The third-order valence-electron chi connectivity index (χ3n) is 19.3. The molecule has 0 aliphatic rings. The molecule has 0 amide bonds. The van der Waals surface area contributed by atoms with Gasteiger partial charge in [0, 0.05) is 65.3 Å².